The molecule has 4 nitrogen and oxygen atoms in total. The highest BCUT2D eigenvalue weighted by molar-refractivity contribution is 5.83. The number of amides is 1. The molecular formula is C18H19N3O. The maximum absolute atomic E-state index is 12.0. The Morgan fingerprint density at radius 3 is 2.77 bits per heavy atom. The molecule has 1 aromatic heterocycles. The van der Waals surface area contributed by atoms with Crippen LogP contribution in [-0.4, -0.2) is 21.7 Å². The van der Waals surface area contributed by atoms with E-state index in [0.717, 1.165) is 6.42 Å². The standard InChI is InChI=1S/C18H19N3O/c1-14(20-18(22)13-21-10-4-9-19-21)11-15-7-8-16-5-2-3-6-17(16)12-15/h2-10,12,14H,11,13H2,1H3,(H,20,22)/t14-/m1/s1. The molecule has 0 radical (unpaired) electrons. The van der Waals surface area contributed by atoms with Crippen molar-refractivity contribution >= 4 is 16.7 Å². The number of benzene rings is 2. The zero-order chi connectivity index (χ0) is 15.4. The Balaban J connectivity index is 1.60. The Hall–Kier alpha value is -2.62. The van der Waals surface area contributed by atoms with E-state index in [-0.39, 0.29) is 18.5 Å². The van der Waals surface area contributed by atoms with Crippen LogP contribution in [0.5, 0.6) is 0 Å². The van der Waals surface area contributed by atoms with Gasteiger partial charge >= 0.3 is 0 Å². The normalized spacial score (nSPS) is 12.2. The van der Waals surface area contributed by atoms with Crippen molar-refractivity contribution in [3.8, 4) is 0 Å². The molecule has 3 rings (SSSR count). The fraction of sp³-hybridized carbons (Fsp3) is 0.222. The molecular weight excluding hydrogens is 274 g/mol. The molecule has 1 heterocycles. The number of rotatable bonds is 5. The average Bonchev–Trinajstić information content (AvgIpc) is 2.99. The number of carbonyl (C=O) groups excluding carboxylic acids is 1. The monoisotopic (exact) mass is 293 g/mol. The van der Waals surface area contributed by atoms with E-state index < -0.39 is 0 Å². The molecule has 0 aliphatic heterocycles. The summed E-state index contributed by atoms with van der Waals surface area (Å²) in [5.41, 5.74) is 1.23. The van der Waals surface area contributed by atoms with Crippen LogP contribution in [0, 0.1) is 0 Å². The lowest BCUT2D eigenvalue weighted by Gasteiger charge is -2.14. The van der Waals surface area contributed by atoms with Gasteiger partial charge in [0.25, 0.3) is 0 Å². The highest BCUT2D eigenvalue weighted by Gasteiger charge is 2.09. The van der Waals surface area contributed by atoms with E-state index in [2.05, 4.69) is 40.7 Å². The maximum Gasteiger partial charge on any atom is 0.241 e. The van der Waals surface area contributed by atoms with Gasteiger partial charge in [0, 0.05) is 18.4 Å². The number of aromatic nitrogens is 2. The molecule has 3 aromatic rings. The van der Waals surface area contributed by atoms with Crippen LogP contribution < -0.4 is 5.32 Å². The van der Waals surface area contributed by atoms with E-state index in [1.807, 2.05) is 25.1 Å². The van der Waals surface area contributed by atoms with Crippen molar-refractivity contribution in [2.45, 2.75) is 25.9 Å². The Bertz CT molecular complexity index is 765. The first kappa shape index (κ1) is 14.3. The second kappa shape index (κ2) is 6.43. The van der Waals surface area contributed by atoms with Gasteiger partial charge < -0.3 is 5.32 Å². The Labute approximate surface area is 129 Å². The van der Waals surface area contributed by atoms with Crippen molar-refractivity contribution in [3.63, 3.8) is 0 Å². The predicted molar refractivity (Wildman–Crippen MR) is 87.5 cm³/mol. The van der Waals surface area contributed by atoms with Gasteiger partial charge in [-0.25, -0.2) is 0 Å². The summed E-state index contributed by atoms with van der Waals surface area (Å²) in [7, 11) is 0. The molecule has 0 fully saturated rings. The summed E-state index contributed by atoms with van der Waals surface area (Å²) < 4.78 is 1.62. The first-order valence-corrected chi connectivity index (χ1v) is 7.45. The quantitative estimate of drug-likeness (QED) is 0.786. The summed E-state index contributed by atoms with van der Waals surface area (Å²) in [5, 5.41) is 9.52. The third kappa shape index (κ3) is 3.52. The lowest BCUT2D eigenvalue weighted by atomic mass is 10.0. The Morgan fingerprint density at radius 1 is 1.18 bits per heavy atom. The minimum Gasteiger partial charge on any atom is -0.352 e. The van der Waals surface area contributed by atoms with Gasteiger partial charge in [-0.05, 0) is 35.7 Å². The second-order valence-corrected chi connectivity index (χ2v) is 5.56. The SMILES string of the molecule is C[C@H](Cc1ccc2ccccc2c1)NC(=O)Cn1cccn1. The Morgan fingerprint density at radius 2 is 2.00 bits per heavy atom. The molecule has 0 bridgehead atoms. The maximum atomic E-state index is 12.0. The van der Waals surface area contributed by atoms with Crippen molar-refractivity contribution in [1.29, 1.82) is 0 Å². The average molecular weight is 293 g/mol. The zero-order valence-electron chi connectivity index (χ0n) is 12.6. The van der Waals surface area contributed by atoms with Crippen LogP contribution in [0.4, 0.5) is 0 Å². The molecule has 1 atom stereocenters. The topological polar surface area (TPSA) is 46.9 Å². The van der Waals surface area contributed by atoms with Gasteiger partial charge in [0.1, 0.15) is 6.54 Å². The van der Waals surface area contributed by atoms with E-state index in [1.54, 1.807) is 17.1 Å². The first-order valence-electron chi connectivity index (χ1n) is 7.45. The van der Waals surface area contributed by atoms with Crippen LogP contribution in [0.3, 0.4) is 0 Å². The Kier molecular flexibility index (Phi) is 4.19. The molecule has 0 saturated heterocycles. The number of hydrogen-bond donors (Lipinski definition) is 1. The van der Waals surface area contributed by atoms with Crippen molar-refractivity contribution in [2.75, 3.05) is 0 Å². The van der Waals surface area contributed by atoms with Crippen molar-refractivity contribution < 1.29 is 4.79 Å². The van der Waals surface area contributed by atoms with Crippen LogP contribution in [0.2, 0.25) is 0 Å². The molecule has 1 N–H and O–H groups in total. The van der Waals surface area contributed by atoms with Gasteiger partial charge in [0.2, 0.25) is 5.91 Å². The van der Waals surface area contributed by atoms with Gasteiger partial charge in [0.05, 0.1) is 0 Å². The van der Waals surface area contributed by atoms with E-state index in [0.29, 0.717) is 0 Å². The van der Waals surface area contributed by atoms with Crippen molar-refractivity contribution in [1.82, 2.24) is 15.1 Å². The van der Waals surface area contributed by atoms with Gasteiger partial charge in [-0.2, -0.15) is 5.10 Å². The molecule has 1 amide bonds. The van der Waals surface area contributed by atoms with E-state index in [1.165, 1.54) is 16.3 Å². The summed E-state index contributed by atoms with van der Waals surface area (Å²) in [4.78, 5) is 12.0. The molecule has 0 unspecified atom stereocenters. The van der Waals surface area contributed by atoms with E-state index >= 15 is 0 Å². The molecule has 0 aliphatic rings. The second-order valence-electron chi connectivity index (χ2n) is 5.56. The van der Waals surface area contributed by atoms with Gasteiger partial charge in [0.15, 0.2) is 0 Å². The van der Waals surface area contributed by atoms with E-state index in [9.17, 15) is 4.79 Å². The van der Waals surface area contributed by atoms with Crippen LogP contribution in [-0.2, 0) is 17.8 Å². The fourth-order valence-electron chi connectivity index (χ4n) is 2.63. The van der Waals surface area contributed by atoms with Crippen molar-refractivity contribution in [3.05, 3.63) is 66.5 Å². The third-order valence-electron chi connectivity index (χ3n) is 3.63. The van der Waals surface area contributed by atoms with Gasteiger partial charge in [-0.3, -0.25) is 9.48 Å². The highest BCUT2D eigenvalue weighted by atomic mass is 16.2. The third-order valence-corrected chi connectivity index (χ3v) is 3.63. The largest absolute Gasteiger partial charge is 0.352 e. The summed E-state index contributed by atoms with van der Waals surface area (Å²) in [6.07, 6.45) is 4.27. The minimum absolute atomic E-state index is 0.0167. The first-order chi connectivity index (χ1) is 10.7. The molecule has 0 saturated carbocycles. The van der Waals surface area contributed by atoms with E-state index in [4.69, 9.17) is 0 Å². The highest BCUT2D eigenvalue weighted by Crippen LogP contribution is 2.16. The lowest BCUT2D eigenvalue weighted by Crippen LogP contribution is -2.36. The van der Waals surface area contributed by atoms with Crippen LogP contribution in [0.1, 0.15) is 12.5 Å². The summed E-state index contributed by atoms with van der Waals surface area (Å²) in [6.45, 7) is 2.28. The molecule has 112 valence electrons. The smallest absolute Gasteiger partial charge is 0.241 e. The van der Waals surface area contributed by atoms with Crippen molar-refractivity contribution in [2.24, 2.45) is 0 Å². The number of nitrogens with zero attached hydrogens (tertiary/aromatic N) is 2. The summed E-state index contributed by atoms with van der Waals surface area (Å²) in [6, 6.07) is 16.6. The number of fused-ring (bicyclic) bond motifs is 1. The molecule has 0 aliphatic carbocycles. The van der Waals surface area contributed by atoms with Crippen LogP contribution >= 0.6 is 0 Å². The number of carbonyl (C=O) groups is 1. The molecule has 4 heteroatoms. The molecule has 22 heavy (non-hydrogen) atoms. The lowest BCUT2D eigenvalue weighted by molar-refractivity contribution is -0.122. The number of nitrogens with one attached hydrogen (secondary N) is 1. The van der Waals surface area contributed by atoms with Gasteiger partial charge in [-0.1, -0.05) is 42.5 Å². The predicted octanol–water partition coefficient (Wildman–Crippen LogP) is 2.78. The molecule has 2 aromatic carbocycles. The minimum atomic E-state index is -0.0167. The zero-order valence-corrected chi connectivity index (χ0v) is 12.6. The van der Waals surface area contributed by atoms with Gasteiger partial charge in [-0.15, -0.1) is 0 Å². The van der Waals surface area contributed by atoms with Crippen LogP contribution in [0.25, 0.3) is 10.8 Å². The molecule has 0 spiro atoms. The summed E-state index contributed by atoms with van der Waals surface area (Å²) >= 11 is 0. The fourth-order valence-corrected chi connectivity index (χ4v) is 2.63. The summed E-state index contributed by atoms with van der Waals surface area (Å²) in [5.74, 6) is -0.0167. The van der Waals surface area contributed by atoms with Crippen LogP contribution in [0.15, 0.2) is 60.9 Å². The number of hydrogen-bond acceptors (Lipinski definition) is 2.